The Balaban J connectivity index is 2.94. The van der Waals surface area contributed by atoms with Crippen molar-refractivity contribution in [1.29, 1.82) is 0 Å². The monoisotopic (exact) mass is 200 g/mol. The molecule has 2 atom stereocenters. The maximum Gasteiger partial charge on any atom is 0.338 e. The Bertz CT molecular complexity index is 343. The van der Waals surface area contributed by atoms with Gasteiger partial charge in [0.15, 0.2) is 0 Å². The van der Waals surface area contributed by atoms with Gasteiger partial charge in [-0.2, -0.15) is 0 Å². The molecule has 0 aliphatic heterocycles. The molecule has 1 rings (SSSR count). The van der Waals surface area contributed by atoms with Gasteiger partial charge < -0.3 is 9.52 Å². The van der Waals surface area contributed by atoms with E-state index in [2.05, 4.69) is 0 Å². The molecule has 0 amide bonds. The Morgan fingerprint density at radius 2 is 2.14 bits per heavy atom. The van der Waals surface area contributed by atoms with Crippen LogP contribution in [0.2, 0.25) is 0 Å². The second-order valence-electron chi connectivity index (χ2n) is 3.40. The Morgan fingerprint density at radius 1 is 1.57 bits per heavy atom. The van der Waals surface area contributed by atoms with Crippen molar-refractivity contribution >= 4 is 5.97 Å². The molecule has 1 heterocycles. The van der Waals surface area contributed by atoms with Crippen molar-refractivity contribution in [2.75, 3.05) is 0 Å². The van der Waals surface area contributed by atoms with Gasteiger partial charge in [0.2, 0.25) is 6.17 Å². The smallest absolute Gasteiger partial charge is 0.338 e. The Hall–Kier alpha value is -1.32. The van der Waals surface area contributed by atoms with Crippen LogP contribution in [0.15, 0.2) is 10.5 Å². The van der Waals surface area contributed by atoms with E-state index in [9.17, 15) is 9.18 Å². The number of aryl methyl sites for hydroxylation is 2. The molecule has 0 saturated heterocycles. The van der Waals surface area contributed by atoms with Crippen LogP contribution in [0.3, 0.4) is 0 Å². The quantitative estimate of drug-likeness (QED) is 0.815. The van der Waals surface area contributed by atoms with E-state index in [-0.39, 0.29) is 0 Å². The normalized spacial score (nSPS) is 15.1. The standard InChI is InChI=1S/C10H13FO3/c1-5-4-8(7(3)14-5)6(2)9(11)10(12)13/h4,6,9H,1-3H3,(H,12,13). The predicted octanol–water partition coefficient (Wildman–Crippen LogP) is 2.42. The van der Waals surface area contributed by atoms with Crippen LogP contribution < -0.4 is 0 Å². The Morgan fingerprint density at radius 3 is 2.50 bits per heavy atom. The second-order valence-corrected chi connectivity index (χ2v) is 3.40. The molecular weight excluding hydrogens is 187 g/mol. The van der Waals surface area contributed by atoms with E-state index in [1.54, 1.807) is 19.9 Å². The third-order valence-electron chi connectivity index (χ3n) is 2.24. The lowest BCUT2D eigenvalue weighted by Crippen LogP contribution is -2.21. The molecular formula is C10H13FO3. The summed E-state index contributed by atoms with van der Waals surface area (Å²) in [6.45, 7) is 4.99. The minimum Gasteiger partial charge on any atom is -0.479 e. The van der Waals surface area contributed by atoms with Gasteiger partial charge in [-0.1, -0.05) is 6.92 Å². The fourth-order valence-corrected chi connectivity index (χ4v) is 1.47. The molecule has 0 spiro atoms. The summed E-state index contributed by atoms with van der Waals surface area (Å²) >= 11 is 0. The van der Waals surface area contributed by atoms with Gasteiger partial charge in [0.25, 0.3) is 0 Å². The molecule has 0 saturated carbocycles. The first-order chi connectivity index (χ1) is 6.43. The van der Waals surface area contributed by atoms with Crippen molar-refractivity contribution < 1.29 is 18.7 Å². The van der Waals surface area contributed by atoms with E-state index in [0.29, 0.717) is 17.1 Å². The van der Waals surface area contributed by atoms with Crippen LogP contribution in [-0.4, -0.2) is 17.2 Å². The van der Waals surface area contributed by atoms with Crippen LogP contribution in [0.5, 0.6) is 0 Å². The lowest BCUT2D eigenvalue weighted by molar-refractivity contribution is -0.143. The molecule has 0 aliphatic carbocycles. The van der Waals surface area contributed by atoms with Gasteiger partial charge in [-0.25, -0.2) is 9.18 Å². The maximum absolute atomic E-state index is 13.2. The van der Waals surface area contributed by atoms with Crippen LogP contribution in [0, 0.1) is 13.8 Å². The van der Waals surface area contributed by atoms with Crippen molar-refractivity contribution in [1.82, 2.24) is 0 Å². The van der Waals surface area contributed by atoms with E-state index < -0.39 is 18.1 Å². The number of alkyl halides is 1. The summed E-state index contributed by atoms with van der Waals surface area (Å²) in [4.78, 5) is 10.4. The minimum absolute atomic E-state index is 0.582. The number of hydrogen-bond acceptors (Lipinski definition) is 2. The van der Waals surface area contributed by atoms with E-state index in [1.165, 1.54) is 6.92 Å². The minimum atomic E-state index is -1.88. The van der Waals surface area contributed by atoms with Crippen molar-refractivity contribution in [2.45, 2.75) is 32.9 Å². The topological polar surface area (TPSA) is 50.4 Å². The lowest BCUT2D eigenvalue weighted by atomic mass is 9.97. The fraction of sp³-hybridized carbons (Fsp3) is 0.500. The summed E-state index contributed by atoms with van der Waals surface area (Å²) in [5, 5.41) is 8.51. The summed E-state index contributed by atoms with van der Waals surface area (Å²) in [6, 6.07) is 1.68. The van der Waals surface area contributed by atoms with E-state index in [1.807, 2.05) is 0 Å². The largest absolute Gasteiger partial charge is 0.479 e. The van der Waals surface area contributed by atoms with Crippen molar-refractivity contribution in [3.05, 3.63) is 23.2 Å². The van der Waals surface area contributed by atoms with Crippen LogP contribution in [0.25, 0.3) is 0 Å². The first-order valence-corrected chi connectivity index (χ1v) is 4.37. The molecule has 1 aromatic rings. The number of carboxylic acid groups (broad SMARTS) is 1. The van der Waals surface area contributed by atoms with Gasteiger partial charge in [-0.05, 0) is 25.5 Å². The number of hydrogen-bond donors (Lipinski definition) is 1. The number of carboxylic acids is 1. The van der Waals surface area contributed by atoms with Crippen LogP contribution in [-0.2, 0) is 4.79 Å². The number of halogens is 1. The zero-order chi connectivity index (χ0) is 10.9. The molecule has 3 nitrogen and oxygen atoms in total. The Kier molecular flexibility index (Phi) is 2.93. The zero-order valence-corrected chi connectivity index (χ0v) is 8.37. The summed E-state index contributed by atoms with van der Waals surface area (Å²) in [5.74, 6) is -0.860. The summed E-state index contributed by atoms with van der Waals surface area (Å²) in [6.07, 6.45) is -1.88. The highest BCUT2D eigenvalue weighted by atomic mass is 19.1. The molecule has 0 aliphatic rings. The fourth-order valence-electron chi connectivity index (χ4n) is 1.47. The SMILES string of the molecule is Cc1cc(C(C)C(F)C(=O)O)c(C)o1. The number of furan rings is 1. The van der Waals surface area contributed by atoms with E-state index in [4.69, 9.17) is 9.52 Å². The molecule has 4 heteroatoms. The highest BCUT2D eigenvalue weighted by molar-refractivity contribution is 5.73. The van der Waals surface area contributed by atoms with Gasteiger partial charge in [0.05, 0.1) is 0 Å². The molecule has 1 aromatic heterocycles. The molecule has 0 radical (unpaired) electrons. The summed E-state index contributed by atoms with van der Waals surface area (Å²) < 4.78 is 18.4. The van der Waals surface area contributed by atoms with Crippen LogP contribution in [0.4, 0.5) is 4.39 Å². The van der Waals surface area contributed by atoms with E-state index >= 15 is 0 Å². The van der Waals surface area contributed by atoms with Crippen molar-refractivity contribution in [3.63, 3.8) is 0 Å². The average Bonchev–Trinajstić information content (AvgIpc) is 2.42. The highest BCUT2D eigenvalue weighted by Gasteiger charge is 2.27. The second kappa shape index (κ2) is 3.82. The summed E-state index contributed by atoms with van der Waals surface area (Å²) in [5.41, 5.74) is 0.623. The average molecular weight is 200 g/mol. The molecule has 0 fully saturated rings. The van der Waals surface area contributed by atoms with Crippen molar-refractivity contribution in [3.8, 4) is 0 Å². The summed E-state index contributed by atoms with van der Waals surface area (Å²) in [7, 11) is 0. The Labute approximate surface area is 81.5 Å². The number of rotatable bonds is 3. The van der Waals surface area contributed by atoms with Crippen LogP contribution >= 0.6 is 0 Å². The predicted molar refractivity (Wildman–Crippen MR) is 49.1 cm³/mol. The molecule has 0 bridgehead atoms. The van der Waals surface area contributed by atoms with Crippen LogP contribution in [0.1, 0.15) is 29.9 Å². The van der Waals surface area contributed by atoms with E-state index in [0.717, 1.165) is 0 Å². The number of carbonyl (C=O) groups is 1. The first-order valence-electron chi connectivity index (χ1n) is 4.37. The van der Waals surface area contributed by atoms with Gasteiger partial charge in [0.1, 0.15) is 11.5 Å². The van der Waals surface area contributed by atoms with Crippen molar-refractivity contribution in [2.24, 2.45) is 0 Å². The highest BCUT2D eigenvalue weighted by Crippen LogP contribution is 2.27. The number of aliphatic carboxylic acids is 1. The lowest BCUT2D eigenvalue weighted by Gasteiger charge is -2.11. The zero-order valence-electron chi connectivity index (χ0n) is 8.37. The van der Waals surface area contributed by atoms with Gasteiger partial charge in [0, 0.05) is 5.92 Å². The third-order valence-corrected chi connectivity index (χ3v) is 2.24. The van der Waals surface area contributed by atoms with Gasteiger partial charge in [-0.15, -0.1) is 0 Å². The third kappa shape index (κ3) is 1.95. The van der Waals surface area contributed by atoms with Gasteiger partial charge in [-0.3, -0.25) is 0 Å². The first kappa shape index (κ1) is 10.8. The molecule has 2 unspecified atom stereocenters. The van der Waals surface area contributed by atoms with Gasteiger partial charge >= 0.3 is 5.97 Å². The molecule has 78 valence electrons. The molecule has 14 heavy (non-hydrogen) atoms. The molecule has 1 N–H and O–H groups in total. The molecule has 0 aromatic carbocycles. The maximum atomic E-state index is 13.2.